The van der Waals surface area contributed by atoms with E-state index in [0.29, 0.717) is 12.6 Å². The molecule has 3 rings (SSSR count). The molecule has 2 nitrogen and oxygen atoms in total. The molecule has 1 N–H and O–H groups in total. The maximum atomic E-state index is 9.67. The van der Waals surface area contributed by atoms with Crippen LogP contribution in [0.15, 0.2) is 9.79 Å². The molecule has 3 heteroatoms. The summed E-state index contributed by atoms with van der Waals surface area (Å²) in [4.78, 5) is 2.52. The molecule has 2 atom stereocenters. The molecule has 2 bridgehead atoms. The fourth-order valence-electron chi connectivity index (χ4n) is 4.91. The van der Waals surface area contributed by atoms with Crippen LogP contribution in [0.1, 0.15) is 72.1 Å². The summed E-state index contributed by atoms with van der Waals surface area (Å²) in [6.07, 6.45) is 13.6. The first-order valence-corrected chi connectivity index (χ1v) is 17.8. The van der Waals surface area contributed by atoms with Gasteiger partial charge in [-0.15, -0.1) is 0 Å². The van der Waals surface area contributed by atoms with Gasteiger partial charge in [-0.25, -0.2) is 0 Å². The molecule has 0 unspecified atom stereocenters. The molecule has 0 amide bonds. The van der Waals surface area contributed by atoms with Gasteiger partial charge in [-0.3, -0.25) is 0 Å². The number of nitrogens with zero attached hydrogens (tertiary/aromatic N) is 1. The molecule has 1 saturated heterocycles. The number of allylic oxidation sites excluding steroid dienone is 1. The molecule has 0 aromatic rings. The van der Waals surface area contributed by atoms with Crippen molar-refractivity contribution < 1.29 is 5.11 Å². The summed E-state index contributed by atoms with van der Waals surface area (Å²) in [5.74, 6) is 0.832. The van der Waals surface area contributed by atoms with Crippen molar-refractivity contribution in [3.8, 4) is 0 Å². The third-order valence-electron chi connectivity index (χ3n) is 6.36. The van der Waals surface area contributed by atoms with E-state index >= 15 is 0 Å². The van der Waals surface area contributed by atoms with Gasteiger partial charge in [-0.2, -0.15) is 0 Å². The van der Waals surface area contributed by atoms with Gasteiger partial charge in [0.05, 0.1) is 0 Å². The Bertz CT molecular complexity index is 360. The Kier molecular flexibility index (Phi) is 8.27. The summed E-state index contributed by atoms with van der Waals surface area (Å²) >= 11 is -2.22. The fourth-order valence-corrected chi connectivity index (χ4v) is 22.8. The number of aliphatic hydroxyl groups excluding tert-OH is 1. The van der Waals surface area contributed by atoms with Crippen LogP contribution in [0.4, 0.5) is 0 Å². The summed E-state index contributed by atoms with van der Waals surface area (Å²) in [5, 5.41) is 9.67. The van der Waals surface area contributed by atoms with Gasteiger partial charge >= 0.3 is 149 Å². The minimum atomic E-state index is -2.22. The molecule has 1 fully saturated rings. The second kappa shape index (κ2) is 9.70. The van der Waals surface area contributed by atoms with Crippen LogP contribution in [0.25, 0.3) is 0 Å². The molecular formula is C20H39NOSn. The van der Waals surface area contributed by atoms with Crippen molar-refractivity contribution in [2.45, 2.75) is 91.5 Å². The molecule has 3 aliphatic rings. The summed E-state index contributed by atoms with van der Waals surface area (Å²) in [6, 6.07) is 0.421. The van der Waals surface area contributed by atoms with Crippen LogP contribution in [-0.4, -0.2) is 47.6 Å². The van der Waals surface area contributed by atoms with Crippen molar-refractivity contribution in [3.05, 3.63) is 9.79 Å². The van der Waals surface area contributed by atoms with E-state index in [-0.39, 0.29) is 0 Å². The third kappa shape index (κ3) is 4.68. The zero-order chi connectivity index (χ0) is 16.7. The monoisotopic (exact) mass is 429 g/mol. The van der Waals surface area contributed by atoms with Crippen LogP contribution in [-0.2, 0) is 0 Å². The number of rotatable bonds is 11. The predicted molar refractivity (Wildman–Crippen MR) is 103 cm³/mol. The standard InChI is InChI=1S/C8H12NO.3C4H9.Sn/c10-6-8-5-7-1-3-9(8)4-2-7;3*1-3-4-2;/h4,7-8,10H,1,3,5-6H2;3*1,3-4H2,2H3;/t7-,8+;;;;/m1..../s1. The molecule has 3 heterocycles. The van der Waals surface area contributed by atoms with Gasteiger partial charge < -0.3 is 0 Å². The zero-order valence-electron chi connectivity index (χ0n) is 15.8. The van der Waals surface area contributed by atoms with E-state index in [1.54, 1.807) is 13.3 Å². The van der Waals surface area contributed by atoms with Crippen molar-refractivity contribution in [2.24, 2.45) is 5.92 Å². The SMILES string of the molecule is CCC[CH2][Sn]([CH2]CCC)([CH2]CCC)[C]1=CN2CC[C@H]1C[C@H]2CO. The number of hydrogen-bond donors (Lipinski definition) is 1. The second-order valence-corrected chi connectivity index (χ2v) is 21.2. The quantitative estimate of drug-likeness (QED) is 0.449. The Balaban J connectivity index is 2.26. The molecule has 0 saturated carbocycles. The van der Waals surface area contributed by atoms with Gasteiger partial charge in [0.25, 0.3) is 0 Å². The van der Waals surface area contributed by atoms with Gasteiger partial charge in [0.15, 0.2) is 0 Å². The van der Waals surface area contributed by atoms with Crippen LogP contribution in [0.3, 0.4) is 0 Å². The topological polar surface area (TPSA) is 23.5 Å². The Hall–Kier alpha value is 0.299. The summed E-state index contributed by atoms with van der Waals surface area (Å²) in [6.45, 7) is 8.63. The van der Waals surface area contributed by atoms with Gasteiger partial charge in [0.2, 0.25) is 0 Å². The van der Waals surface area contributed by atoms with E-state index in [1.165, 1.54) is 57.9 Å². The van der Waals surface area contributed by atoms with Gasteiger partial charge in [-0.1, -0.05) is 0 Å². The van der Waals surface area contributed by atoms with E-state index in [0.717, 1.165) is 5.92 Å². The van der Waals surface area contributed by atoms with Crippen LogP contribution in [0, 0.1) is 5.92 Å². The number of aliphatic hydroxyl groups is 1. The van der Waals surface area contributed by atoms with Crippen molar-refractivity contribution in [1.29, 1.82) is 0 Å². The summed E-state index contributed by atoms with van der Waals surface area (Å²) < 4.78 is 6.74. The summed E-state index contributed by atoms with van der Waals surface area (Å²) in [7, 11) is 0. The van der Waals surface area contributed by atoms with Crippen LogP contribution >= 0.6 is 0 Å². The molecule has 0 aliphatic carbocycles. The molecule has 134 valence electrons. The van der Waals surface area contributed by atoms with Gasteiger partial charge in [-0.05, 0) is 0 Å². The molecule has 0 aromatic carbocycles. The number of unbranched alkanes of at least 4 members (excludes halogenated alkanes) is 3. The molecular weight excluding hydrogens is 389 g/mol. The number of hydrogen-bond acceptors (Lipinski definition) is 2. The van der Waals surface area contributed by atoms with Crippen LogP contribution in [0.5, 0.6) is 0 Å². The molecule has 23 heavy (non-hydrogen) atoms. The normalized spacial score (nSPS) is 24.2. The Morgan fingerprint density at radius 3 is 2.00 bits per heavy atom. The van der Waals surface area contributed by atoms with Crippen molar-refractivity contribution in [1.82, 2.24) is 4.90 Å². The molecule has 0 aromatic heterocycles. The van der Waals surface area contributed by atoms with E-state index in [2.05, 4.69) is 31.9 Å². The van der Waals surface area contributed by atoms with Gasteiger partial charge in [0.1, 0.15) is 0 Å². The average molecular weight is 428 g/mol. The molecule has 3 aliphatic heterocycles. The molecule has 0 radical (unpaired) electrons. The van der Waals surface area contributed by atoms with Crippen LogP contribution in [0.2, 0.25) is 13.3 Å². The second-order valence-electron chi connectivity index (χ2n) is 7.97. The minimum absolute atomic E-state index is 0.349. The third-order valence-corrected chi connectivity index (χ3v) is 22.6. The number of piperidine rings is 1. The fraction of sp³-hybridized carbons (Fsp3) is 0.900. The molecule has 0 spiro atoms. The summed E-state index contributed by atoms with van der Waals surface area (Å²) in [5.41, 5.74) is 0. The maximum absolute atomic E-state index is 9.67. The van der Waals surface area contributed by atoms with E-state index in [1.807, 2.05) is 3.59 Å². The van der Waals surface area contributed by atoms with Crippen molar-refractivity contribution in [2.75, 3.05) is 13.2 Å². The van der Waals surface area contributed by atoms with E-state index < -0.39 is 18.4 Å². The predicted octanol–water partition coefficient (Wildman–Crippen LogP) is 5.35. The Morgan fingerprint density at radius 2 is 1.61 bits per heavy atom. The number of fused-ring (bicyclic) bond motifs is 2. The average Bonchev–Trinajstić information content (AvgIpc) is 2.61. The van der Waals surface area contributed by atoms with E-state index in [9.17, 15) is 5.11 Å². The zero-order valence-corrected chi connectivity index (χ0v) is 18.7. The van der Waals surface area contributed by atoms with Crippen molar-refractivity contribution >= 4 is 18.4 Å². The van der Waals surface area contributed by atoms with Crippen molar-refractivity contribution in [3.63, 3.8) is 0 Å². The Morgan fingerprint density at radius 1 is 1.04 bits per heavy atom. The van der Waals surface area contributed by atoms with Gasteiger partial charge in [0, 0.05) is 0 Å². The first-order valence-electron chi connectivity index (χ1n) is 10.3. The van der Waals surface area contributed by atoms with Crippen LogP contribution < -0.4 is 0 Å². The first kappa shape index (κ1) is 19.6. The Labute approximate surface area is 148 Å². The first-order chi connectivity index (χ1) is 11.2. The van der Waals surface area contributed by atoms with E-state index in [4.69, 9.17) is 0 Å².